The van der Waals surface area contributed by atoms with Crippen molar-refractivity contribution in [1.29, 1.82) is 0 Å². The highest BCUT2D eigenvalue weighted by molar-refractivity contribution is 14.0. The first-order valence-electron chi connectivity index (χ1n) is 7.51. The number of rotatable bonds is 5. The van der Waals surface area contributed by atoms with Crippen LogP contribution in [0.25, 0.3) is 0 Å². The molecule has 5 nitrogen and oxygen atoms in total. The number of nitrogens with zero attached hydrogens (tertiary/aromatic N) is 2. The van der Waals surface area contributed by atoms with Crippen molar-refractivity contribution in [1.82, 2.24) is 10.2 Å². The van der Waals surface area contributed by atoms with E-state index in [-0.39, 0.29) is 35.9 Å². The Morgan fingerprint density at radius 2 is 2.10 bits per heavy atom. The summed E-state index contributed by atoms with van der Waals surface area (Å²) in [7, 11) is 3.21. The summed E-state index contributed by atoms with van der Waals surface area (Å²) in [5, 5.41) is 3.28. The van der Waals surface area contributed by atoms with Crippen molar-refractivity contribution in [2.45, 2.75) is 33.6 Å². The van der Waals surface area contributed by atoms with Gasteiger partial charge in [-0.25, -0.2) is 0 Å². The summed E-state index contributed by atoms with van der Waals surface area (Å²) in [6.07, 6.45) is 2.50. The zero-order valence-electron chi connectivity index (χ0n) is 13.9. The zero-order valence-corrected chi connectivity index (χ0v) is 16.2. The van der Waals surface area contributed by atoms with Gasteiger partial charge in [-0.05, 0) is 24.7 Å². The summed E-state index contributed by atoms with van der Waals surface area (Å²) in [5.41, 5.74) is 0. The zero-order chi connectivity index (χ0) is 15.1. The molecule has 1 rings (SSSR count). The van der Waals surface area contributed by atoms with Crippen molar-refractivity contribution < 1.29 is 9.53 Å². The number of hydrogen-bond acceptors (Lipinski definition) is 3. The first-order chi connectivity index (χ1) is 9.47. The second-order valence-corrected chi connectivity index (χ2v) is 6.08. The van der Waals surface area contributed by atoms with Gasteiger partial charge in [-0.1, -0.05) is 20.8 Å². The monoisotopic (exact) mass is 411 g/mol. The van der Waals surface area contributed by atoms with Crippen LogP contribution in [-0.4, -0.2) is 50.6 Å². The molecule has 0 aromatic rings. The standard InChI is InChI=1S/C15H29N3O2.HI/c1-11(2)8-13-6-7-18(10-13)15(16-4)17-9-12(3)14(19)20-5;/h11-13H,6-10H2,1-5H3,(H,16,17);1H. The van der Waals surface area contributed by atoms with E-state index in [0.29, 0.717) is 6.54 Å². The smallest absolute Gasteiger partial charge is 0.310 e. The number of guanidine groups is 1. The molecule has 21 heavy (non-hydrogen) atoms. The van der Waals surface area contributed by atoms with Crippen molar-refractivity contribution >= 4 is 35.9 Å². The van der Waals surface area contributed by atoms with Gasteiger partial charge in [0.15, 0.2) is 5.96 Å². The van der Waals surface area contributed by atoms with Gasteiger partial charge >= 0.3 is 5.97 Å². The molecule has 2 unspecified atom stereocenters. The maximum absolute atomic E-state index is 11.4. The van der Waals surface area contributed by atoms with E-state index in [4.69, 9.17) is 4.74 Å². The molecule has 2 atom stereocenters. The molecule has 0 bridgehead atoms. The number of esters is 1. The molecule has 0 aromatic heterocycles. The number of nitrogens with one attached hydrogen (secondary N) is 1. The Kier molecular flexibility index (Phi) is 9.98. The molecule has 1 N–H and O–H groups in total. The lowest BCUT2D eigenvalue weighted by Gasteiger charge is -2.23. The lowest BCUT2D eigenvalue weighted by atomic mass is 9.97. The lowest BCUT2D eigenvalue weighted by Crippen LogP contribution is -2.42. The fraction of sp³-hybridized carbons (Fsp3) is 0.867. The van der Waals surface area contributed by atoms with Gasteiger partial charge in [0.2, 0.25) is 0 Å². The van der Waals surface area contributed by atoms with Crippen LogP contribution in [0.4, 0.5) is 0 Å². The van der Waals surface area contributed by atoms with Crippen molar-refractivity contribution in [3.05, 3.63) is 0 Å². The van der Waals surface area contributed by atoms with E-state index >= 15 is 0 Å². The van der Waals surface area contributed by atoms with E-state index in [0.717, 1.165) is 30.9 Å². The first-order valence-corrected chi connectivity index (χ1v) is 7.51. The summed E-state index contributed by atoms with van der Waals surface area (Å²) in [6.45, 7) is 9.07. The number of hydrogen-bond donors (Lipinski definition) is 1. The molecule has 0 aliphatic carbocycles. The number of halogens is 1. The van der Waals surface area contributed by atoms with Crippen molar-refractivity contribution in [3.63, 3.8) is 0 Å². The molecule has 0 amide bonds. The predicted octanol–water partition coefficient (Wildman–Crippen LogP) is 2.36. The second-order valence-electron chi connectivity index (χ2n) is 6.08. The molecular formula is C15H30IN3O2. The van der Waals surface area contributed by atoms with E-state index < -0.39 is 0 Å². The van der Waals surface area contributed by atoms with Crippen LogP contribution in [0.5, 0.6) is 0 Å². The van der Waals surface area contributed by atoms with Gasteiger partial charge in [-0.15, -0.1) is 24.0 Å². The summed E-state index contributed by atoms with van der Waals surface area (Å²) < 4.78 is 4.73. The molecule has 1 aliphatic heterocycles. The number of carbonyl (C=O) groups is 1. The minimum atomic E-state index is -0.188. The van der Waals surface area contributed by atoms with E-state index in [9.17, 15) is 4.79 Å². The molecule has 1 fully saturated rings. The van der Waals surface area contributed by atoms with Crippen LogP contribution >= 0.6 is 24.0 Å². The van der Waals surface area contributed by atoms with Gasteiger partial charge in [0.05, 0.1) is 13.0 Å². The van der Waals surface area contributed by atoms with Crippen LogP contribution in [0.15, 0.2) is 4.99 Å². The van der Waals surface area contributed by atoms with Crippen molar-refractivity contribution in [3.8, 4) is 0 Å². The highest BCUT2D eigenvalue weighted by atomic mass is 127. The minimum Gasteiger partial charge on any atom is -0.469 e. The van der Waals surface area contributed by atoms with E-state index in [2.05, 4.69) is 29.1 Å². The SMILES string of the molecule is CN=C(NCC(C)C(=O)OC)N1CCC(CC(C)C)C1.I. The number of methoxy groups -OCH3 is 1. The Hall–Kier alpha value is -0.530. The quantitative estimate of drug-likeness (QED) is 0.327. The number of carbonyl (C=O) groups excluding carboxylic acids is 1. The van der Waals surface area contributed by atoms with Gasteiger partial charge in [0.25, 0.3) is 0 Å². The third kappa shape index (κ3) is 6.84. The molecule has 124 valence electrons. The largest absolute Gasteiger partial charge is 0.469 e. The molecule has 0 spiro atoms. The first kappa shape index (κ1) is 20.5. The normalized spacial score (nSPS) is 20.2. The molecule has 0 aromatic carbocycles. The van der Waals surface area contributed by atoms with Crippen LogP contribution in [0, 0.1) is 17.8 Å². The maximum atomic E-state index is 11.4. The Balaban J connectivity index is 0.00000400. The van der Waals surface area contributed by atoms with Gasteiger partial charge in [0.1, 0.15) is 0 Å². The van der Waals surface area contributed by atoms with Crippen LogP contribution in [0.3, 0.4) is 0 Å². The molecule has 1 saturated heterocycles. The van der Waals surface area contributed by atoms with Gasteiger partial charge in [-0.2, -0.15) is 0 Å². The number of aliphatic imine (C=N–C) groups is 1. The Bertz CT molecular complexity index is 348. The molecule has 6 heteroatoms. The summed E-state index contributed by atoms with van der Waals surface area (Å²) in [4.78, 5) is 18.0. The Morgan fingerprint density at radius 3 is 2.62 bits per heavy atom. The third-order valence-corrected chi connectivity index (χ3v) is 3.77. The summed E-state index contributed by atoms with van der Waals surface area (Å²) in [5.74, 6) is 2.05. The Morgan fingerprint density at radius 1 is 1.43 bits per heavy atom. The van der Waals surface area contributed by atoms with Gasteiger partial charge in [0, 0.05) is 26.7 Å². The number of ether oxygens (including phenoxy) is 1. The molecule has 0 radical (unpaired) electrons. The van der Waals surface area contributed by atoms with Gasteiger partial charge in [-0.3, -0.25) is 9.79 Å². The summed E-state index contributed by atoms with van der Waals surface area (Å²) >= 11 is 0. The van der Waals surface area contributed by atoms with Crippen LogP contribution in [-0.2, 0) is 9.53 Å². The van der Waals surface area contributed by atoms with Crippen LogP contribution in [0.1, 0.15) is 33.6 Å². The maximum Gasteiger partial charge on any atom is 0.310 e. The molecule has 1 aliphatic rings. The fourth-order valence-corrected chi connectivity index (χ4v) is 2.75. The number of likely N-dealkylation sites (tertiary alicyclic amines) is 1. The lowest BCUT2D eigenvalue weighted by molar-refractivity contribution is -0.144. The minimum absolute atomic E-state index is 0. The van der Waals surface area contributed by atoms with E-state index in [1.807, 2.05) is 6.92 Å². The average Bonchev–Trinajstić information content (AvgIpc) is 2.85. The molecule has 0 saturated carbocycles. The average molecular weight is 411 g/mol. The van der Waals surface area contributed by atoms with Crippen molar-refractivity contribution in [2.75, 3.05) is 33.8 Å². The topological polar surface area (TPSA) is 53.9 Å². The van der Waals surface area contributed by atoms with Crippen molar-refractivity contribution in [2.24, 2.45) is 22.7 Å². The van der Waals surface area contributed by atoms with Crippen LogP contribution in [0.2, 0.25) is 0 Å². The predicted molar refractivity (Wildman–Crippen MR) is 97.1 cm³/mol. The molecule has 1 heterocycles. The molecular weight excluding hydrogens is 381 g/mol. The van der Waals surface area contributed by atoms with E-state index in [1.54, 1.807) is 7.05 Å². The van der Waals surface area contributed by atoms with Crippen LogP contribution < -0.4 is 5.32 Å². The van der Waals surface area contributed by atoms with Gasteiger partial charge < -0.3 is 15.0 Å². The Labute approximate surface area is 145 Å². The second kappa shape index (κ2) is 10.2. The fourth-order valence-electron chi connectivity index (χ4n) is 2.75. The van der Waals surface area contributed by atoms with E-state index in [1.165, 1.54) is 20.0 Å². The highest BCUT2D eigenvalue weighted by Crippen LogP contribution is 2.23. The third-order valence-electron chi connectivity index (χ3n) is 3.77. The summed E-state index contributed by atoms with van der Waals surface area (Å²) in [6, 6.07) is 0. The highest BCUT2D eigenvalue weighted by Gasteiger charge is 2.25.